The van der Waals surface area contributed by atoms with Crippen LogP contribution in [0.3, 0.4) is 0 Å². The second kappa shape index (κ2) is 12.8. The second-order valence-electron chi connectivity index (χ2n) is 11.3. The standard InChI is InChI=1S/C29H43FO4Si/c1-21(2)33-28(32)13-11-9-8-10-12-24-25(19-16-22-14-17-23(30)18-15-22)27(20-26(24)31)34-35(6,7)29(3,4)5/h8,10,14-19,21,24-25,27H,9,11-13,20H2,1-7H3/b10-8+,19-16+/t24-,25-,27-/m1/s1. The van der Waals surface area contributed by atoms with E-state index in [2.05, 4.69) is 52.1 Å². The van der Waals surface area contributed by atoms with E-state index in [1.165, 1.54) is 12.1 Å². The highest BCUT2D eigenvalue weighted by atomic mass is 28.4. The third-order valence-corrected chi connectivity index (χ3v) is 11.5. The molecule has 0 aromatic heterocycles. The predicted octanol–water partition coefficient (Wildman–Crippen LogP) is 7.50. The van der Waals surface area contributed by atoms with Crippen molar-refractivity contribution in [3.63, 3.8) is 0 Å². The van der Waals surface area contributed by atoms with Crippen molar-refractivity contribution in [2.45, 2.75) is 97.1 Å². The number of halogens is 1. The minimum Gasteiger partial charge on any atom is -0.463 e. The molecule has 3 atom stereocenters. The fraction of sp³-hybridized carbons (Fsp3) is 0.586. The molecule has 194 valence electrons. The van der Waals surface area contributed by atoms with E-state index in [0.29, 0.717) is 19.3 Å². The summed E-state index contributed by atoms with van der Waals surface area (Å²) in [4.78, 5) is 24.7. The molecule has 1 aliphatic rings. The lowest BCUT2D eigenvalue weighted by Crippen LogP contribution is -2.45. The van der Waals surface area contributed by atoms with Gasteiger partial charge in [-0.2, -0.15) is 0 Å². The van der Waals surface area contributed by atoms with E-state index in [0.717, 1.165) is 18.4 Å². The molecule has 0 radical (unpaired) electrons. The summed E-state index contributed by atoms with van der Waals surface area (Å²) in [6.45, 7) is 14.7. The number of carbonyl (C=O) groups excluding carboxylic acids is 2. The summed E-state index contributed by atoms with van der Waals surface area (Å²) in [5.74, 6) is -0.391. The summed E-state index contributed by atoms with van der Waals surface area (Å²) in [6.07, 6.45) is 10.9. The average Bonchev–Trinajstić information content (AvgIpc) is 3.02. The van der Waals surface area contributed by atoms with Crippen molar-refractivity contribution in [2.75, 3.05) is 0 Å². The van der Waals surface area contributed by atoms with Gasteiger partial charge in [0.1, 0.15) is 11.6 Å². The molecule has 0 spiro atoms. The van der Waals surface area contributed by atoms with Gasteiger partial charge < -0.3 is 9.16 Å². The lowest BCUT2D eigenvalue weighted by molar-refractivity contribution is -0.147. The van der Waals surface area contributed by atoms with Crippen LogP contribution in [0.5, 0.6) is 0 Å². The molecule has 6 heteroatoms. The molecule has 0 bridgehead atoms. The topological polar surface area (TPSA) is 52.6 Å². The van der Waals surface area contributed by atoms with E-state index in [1.807, 2.05) is 19.9 Å². The number of ketones is 1. The van der Waals surface area contributed by atoms with Gasteiger partial charge in [-0.15, -0.1) is 0 Å². The number of esters is 1. The highest BCUT2D eigenvalue weighted by molar-refractivity contribution is 6.74. The van der Waals surface area contributed by atoms with Gasteiger partial charge >= 0.3 is 5.97 Å². The van der Waals surface area contributed by atoms with Gasteiger partial charge in [0, 0.05) is 24.7 Å². The first-order valence-corrected chi connectivity index (χ1v) is 15.7. The largest absolute Gasteiger partial charge is 0.463 e. The molecule has 0 amide bonds. The molecular weight excluding hydrogens is 459 g/mol. The zero-order valence-electron chi connectivity index (χ0n) is 22.5. The zero-order valence-corrected chi connectivity index (χ0v) is 23.5. The Hall–Kier alpha value is -2.05. The zero-order chi connectivity index (χ0) is 26.2. The summed E-state index contributed by atoms with van der Waals surface area (Å²) in [5, 5.41) is 0.0516. The van der Waals surface area contributed by atoms with E-state index in [4.69, 9.17) is 9.16 Å². The maximum Gasteiger partial charge on any atom is 0.306 e. The fourth-order valence-corrected chi connectivity index (χ4v) is 5.38. The predicted molar refractivity (Wildman–Crippen MR) is 143 cm³/mol. The van der Waals surface area contributed by atoms with Crippen molar-refractivity contribution in [3.05, 3.63) is 53.9 Å². The highest BCUT2D eigenvalue weighted by Crippen LogP contribution is 2.43. The van der Waals surface area contributed by atoms with Gasteiger partial charge in [0.05, 0.1) is 12.2 Å². The Balaban J connectivity index is 2.09. The van der Waals surface area contributed by atoms with Crippen molar-refractivity contribution in [3.8, 4) is 0 Å². The molecule has 0 aliphatic heterocycles. The van der Waals surface area contributed by atoms with Crippen LogP contribution in [0.2, 0.25) is 18.1 Å². The van der Waals surface area contributed by atoms with Crippen molar-refractivity contribution < 1.29 is 23.1 Å². The normalized spacial score (nSPS) is 21.5. The number of carbonyl (C=O) groups is 2. The molecule has 1 fully saturated rings. The van der Waals surface area contributed by atoms with Crippen molar-refractivity contribution >= 4 is 26.1 Å². The molecule has 1 aromatic rings. The van der Waals surface area contributed by atoms with Gasteiger partial charge in [0.15, 0.2) is 8.32 Å². The number of ether oxygens (including phenoxy) is 1. The minimum absolute atomic E-state index is 0.0349. The molecule has 1 aromatic carbocycles. The Morgan fingerprint density at radius 3 is 2.43 bits per heavy atom. The maximum absolute atomic E-state index is 13.3. The van der Waals surface area contributed by atoms with Crippen molar-refractivity contribution in [1.82, 2.24) is 0 Å². The Morgan fingerprint density at radius 1 is 1.17 bits per heavy atom. The summed E-state index contributed by atoms with van der Waals surface area (Å²) >= 11 is 0. The van der Waals surface area contributed by atoms with Crippen LogP contribution in [-0.4, -0.2) is 32.3 Å². The smallest absolute Gasteiger partial charge is 0.306 e. The van der Waals surface area contributed by atoms with Crippen molar-refractivity contribution in [2.24, 2.45) is 11.8 Å². The first-order valence-electron chi connectivity index (χ1n) is 12.8. The van der Waals surface area contributed by atoms with Gasteiger partial charge in [-0.25, -0.2) is 4.39 Å². The van der Waals surface area contributed by atoms with Crippen LogP contribution in [0.1, 0.15) is 72.3 Å². The quantitative estimate of drug-likeness (QED) is 0.136. The number of benzene rings is 1. The highest BCUT2D eigenvalue weighted by Gasteiger charge is 2.46. The van der Waals surface area contributed by atoms with Crippen LogP contribution in [0.25, 0.3) is 6.08 Å². The van der Waals surface area contributed by atoms with E-state index in [1.54, 1.807) is 12.1 Å². The molecule has 35 heavy (non-hydrogen) atoms. The molecular formula is C29H43FO4Si. The molecule has 0 heterocycles. The summed E-state index contributed by atoms with van der Waals surface area (Å²) < 4.78 is 25.2. The first kappa shape index (κ1) is 29.2. The van der Waals surface area contributed by atoms with Gasteiger partial charge in [0.2, 0.25) is 0 Å². The third-order valence-electron chi connectivity index (χ3n) is 7.02. The Kier molecular flexibility index (Phi) is 10.6. The maximum atomic E-state index is 13.3. The van der Waals surface area contributed by atoms with E-state index in [9.17, 15) is 14.0 Å². The number of Topliss-reactive ketones (excluding diaryl/α,β-unsaturated/α-hetero) is 1. The Labute approximate surface area is 212 Å². The number of rotatable bonds is 11. The van der Waals surface area contributed by atoms with Crippen LogP contribution in [0.4, 0.5) is 4.39 Å². The summed E-state index contributed by atoms with van der Waals surface area (Å²) in [7, 11) is -2.06. The van der Waals surface area contributed by atoms with Crippen LogP contribution in [0, 0.1) is 17.7 Å². The summed E-state index contributed by atoms with van der Waals surface area (Å²) in [5.41, 5.74) is 0.902. The van der Waals surface area contributed by atoms with Gasteiger partial charge in [0.25, 0.3) is 0 Å². The molecule has 1 aliphatic carbocycles. The number of hydrogen-bond donors (Lipinski definition) is 0. The lowest BCUT2D eigenvalue weighted by atomic mass is 9.90. The molecule has 1 saturated carbocycles. The van der Waals surface area contributed by atoms with Gasteiger partial charge in [-0.05, 0) is 68.9 Å². The SMILES string of the molecule is CC(C)OC(=O)CCC/C=C/C[C@H]1C(=O)C[C@@H](O[Si](C)(C)C(C)(C)C)[C@@H]1/C=C/c1ccc(F)cc1. The molecule has 0 unspecified atom stereocenters. The fourth-order valence-electron chi connectivity index (χ4n) is 4.02. The number of allylic oxidation sites excluding steroid dienone is 2. The van der Waals surface area contributed by atoms with E-state index < -0.39 is 8.32 Å². The number of unbranched alkanes of at least 4 members (excludes halogenated alkanes) is 1. The van der Waals surface area contributed by atoms with E-state index in [-0.39, 0.29) is 46.7 Å². The summed E-state index contributed by atoms with van der Waals surface area (Å²) in [6, 6.07) is 6.37. The van der Waals surface area contributed by atoms with Gasteiger partial charge in [-0.3, -0.25) is 9.59 Å². The molecule has 4 nitrogen and oxygen atoms in total. The molecule has 0 saturated heterocycles. The van der Waals surface area contributed by atoms with Gasteiger partial charge in [-0.1, -0.05) is 57.2 Å². The van der Waals surface area contributed by atoms with E-state index >= 15 is 0 Å². The van der Waals surface area contributed by atoms with Crippen LogP contribution in [-0.2, 0) is 18.8 Å². The Morgan fingerprint density at radius 2 is 1.83 bits per heavy atom. The van der Waals surface area contributed by atoms with Crippen LogP contribution >= 0.6 is 0 Å². The van der Waals surface area contributed by atoms with Crippen molar-refractivity contribution in [1.29, 1.82) is 0 Å². The molecule has 0 N–H and O–H groups in total. The second-order valence-corrected chi connectivity index (χ2v) is 16.1. The van der Waals surface area contributed by atoms with Crippen LogP contribution in [0.15, 0.2) is 42.5 Å². The van der Waals surface area contributed by atoms with Crippen LogP contribution < -0.4 is 0 Å². The Bertz CT molecular complexity index is 896. The lowest BCUT2D eigenvalue weighted by Gasteiger charge is -2.39. The first-order chi connectivity index (χ1) is 16.3. The third kappa shape index (κ3) is 9.15. The minimum atomic E-state index is -2.06. The number of hydrogen-bond acceptors (Lipinski definition) is 4. The average molecular weight is 503 g/mol. The monoisotopic (exact) mass is 502 g/mol. The molecule has 2 rings (SSSR count).